The van der Waals surface area contributed by atoms with Crippen molar-refractivity contribution in [2.45, 2.75) is 6.92 Å². The highest BCUT2D eigenvalue weighted by Crippen LogP contribution is 2.35. The number of carbonyl (C=O) groups is 2. The van der Waals surface area contributed by atoms with Crippen LogP contribution in [0.15, 0.2) is 59.0 Å². The van der Waals surface area contributed by atoms with Crippen molar-refractivity contribution in [2.75, 3.05) is 31.5 Å². The van der Waals surface area contributed by atoms with Gasteiger partial charge in [0.05, 0.1) is 5.52 Å². The molecule has 1 fully saturated rings. The first-order valence-electron chi connectivity index (χ1n) is 11.2. The minimum absolute atomic E-state index is 0.0380. The largest absolute Gasteiger partial charge is 0.382 e. The van der Waals surface area contributed by atoms with Gasteiger partial charge in [0.25, 0.3) is 5.91 Å². The summed E-state index contributed by atoms with van der Waals surface area (Å²) in [5.41, 5.74) is 8.71. The number of aromatic nitrogens is 1. The topological polar surface area (TPSA) is 130 Å². The first kappa shape index (κ1) is 22.6. The molecule has 10 heteroatoms. The summed E-state index contributed by atoms with van der Waals surface area (Å²) in [6, 6.07) is 15.2. The van der Waals surface area contributed by atoms with Gasteiger partial charge < -0.3 is 26.7 Å². The fourth-order valence-corrected chi connectivity index (χ4v) is 5.24. The van der Waals surface area contributed by atoms with Gasteiger partial charge in [-0.05, 0) is 35.7 Å². The Morgan fingerprint density at radius 1 is 1.00 bits per heavy atom. The Labute approximate surface area is 206 Å². The van der Waals surface area contributed by atoms with Crippen LogP contribution in [0.25, 0.3) is 21.0 Å². The van der Waals surface area contributed by atoms with E-state index < -0.39 is 0 Å². The van der Waals surface area contributed by atoms with Crippen molar-refractivity contribution in [3.8, 4) is 0 Å². The minimum atomic E-state index is -0.0507. The molecule has 2 aromatic carbocycles. The van der Waals surface area contributed by atoms with Crippen molar-refractivity contribution in [1.29, 1.82) is 0 Å². The third-order valence-corrected chi connectivity index (χ3v) is 7.16. The predicted octanol–water partition coefficient (Wildman–Crippen LogP) is 3.08. The lowest BCUT2D eigenvalue weighted by atomic mass is 10.1. The standard InChI is InChI=1S/C25H25N7O2S/c1-15(33)31-8-10-32(11-9-31)25(34)17-3-2-4-18(13-17)28-24-20-7-12-35-22(20)19-6-5-16(23(26)30-27)14-21(19)29-24/h2-7,12-14H,8-11,27H2,1H3,(H2,26,30)(H,28,29). The van der Waals surface area contributed by atoms with Crippen LogP contribution in [0.2, 0.25) is 0 Å². The number of piperazine rings is 1. The summed E-state index contributed by atoms with van der Waals surface area (Å²) in [6.07, 6.45) is 0. The summed E-state index contributed by atoms with van der Waals surface area (Å²) in [4.78, 5) is 33.1. The fraction of sp³-hybridized carbons (Fsp3) is 0.200. The number of thiophene rings is 1. The van der Waals surface area contributed by atoms with Gasteiger partial charge in [-0.1, -0.05) is 18.2 Å². The predicted molar refractivity (Wildman–Crippen MR) is 140 cm³/mol. The van der Waals surface area contributed by atoms with Crippen LogP contribution in [0.3, 0.4) is 0 Å². The summed E-state index contributed by atoms with van der Waals surface area (Å²) in [5, 5.41) is 11.0. The van der Waals surface area contributed by atoms with Crippen LogP contribution in [0.1, 0.15) is 22.8 Å². The quantitative estimate of drug-likeness (QED) is 0.176. The SMILES string of the molecule is CC(=O)N1CCN(C(=O)c2cccc(Nc3nc4cc(/C(N)=N/N)ccc4c4sccc34)c2)CC1. The number of amides is 2. The number of anilines is 2. The molecule has 2 amide bonds. The zero-order valence-electron chi connectivity index (χ0n) is 19.2. The van der Waals surface area contributed by atoms with Crippen molar-refractivity contribution < 1.29 is 9.59 Å². The van der Waals surface area contributed by atoms with Crippen LogP contribution >= 0.6 is 11.3 Å². The second-order valence-electron chi connectivity index (χ2n) is 8.37. The van der Waals surface area contributed by atoms with Gasteiger partial charge in [0.1, 0.15) is 11.7 Å². The molecule has 1 aliphatic rings. The first-order chi connectivity index (χ1) is 16.9. The Balaban J connectivity index is 1.44. The summed E-state index contributed by atoms with van der Waals surface area (Å²) >= 11 is 1.64. The van der Waals surface area contributed by atoms with Crippen molar-refractivity contribution in [1.82, 2.24) is 14.8 Å². The molecule has 0 spiro atoms. The molecule has 35 heavy (non-hydrogen) atoms. The minimum Gasteiger partial charge on any atom is -0.382 e. The maximum absolute atomic E-state index is 13.1. The van der Waals surface area contributed by atoms with Gasteiger partial charge in [0.2, 0.25) is 5.91 Å². The Hall–Kier alpha value is -4.18. The van der Waals surface area contributed by atoms with Crippen LogP contribution in [-0.4, -0.2) is 58.6 Å². The van der Waals surface area contributed by atoms with Gasteiger partial charge in [-0.15, -0.1) is 11.3 Å². The lowest BCUT2D eigenvalue weighted by molar-refractivity contribution is -0.130. The molecule has 3 heterocycles. The highest BCUT2D eigenvalue weighted by atomic mass is 32.1. The molecule has 0 atom stereocenters. The average Bonchev–Trinajstić information content (AvgIpc) is 3.38. The van der Waals surface area contributed by atoms with Gasteiger partial charge in [0.15, 0.2) is 0 Å². The highest BCUT2D eigenvalue weighted by molar-refractivity contribution is 7.18. The van der Waals surface area contributed by atoms with Gasteiger partial charge in [0, 0.05) is 65.4 Å². The zero-order valence-corrected chi connectivity index (χ0v) is 20.0. The van der Waals surface area contributed by atoms with E-state index in [9.17, 15) is 9.59 Å². The number of nitrogens with zero attached hydrogens (tertiary/aromatic N) is 4. The van der Waals surface area contributed by atoms with Crippen molar-refractivity contribution in [3.05, 3.63) is 65.0 Å². The molecule has 0 saturated carbocycles. The summed E-state index contributed by atoms with van der Waals surface area (Å²) in [7, 11) is 0. The summed E-state index contributed by atoms with van der Waals surface area (Å²) < 4.78 is 1.10. The third-order valence-electron chi connectivity index (χ3n) is 6.21. The number of fused-ring (bicyclic) bond motifs is 3. The Kier molecular flexibility index (Phi) is 5.96. The smallest absolute Gasteiger partial charge is 0.254 e. The van der Waals surface area contributed by atoms with Gasteiger partial charge in [-0.3, -0.25) is 9.59 Å². The van der Waals surface area contributed by atoms with Crippen LogP contribution in [0.5, 0.6) is 0 Å². The Bertz CT molecular complexity index is 1470. The van der Waals surface area contributed by atoms with E-state index in [4.69, 9.17) is 16.6 Å². The summed E-state index contributed by atoms with van der Waals surface area (Å²) in [5.74, 6) is 6.27. The van der Waals surface area contributed by atoms with E-state index in [2.05, 4.69) is 10.4 Å². The number of hydrazone groups is 1. The van der Waals surface area contributed by atoms with Crippen LogP contribution in [0, 0.1) is 0 Å². The lowest BCUT2D eigenvalue weighted by Crippen LogP contribution is -2.50. The number of nitrogens with one attached hydrogen (secondary N) is 1. The Morgan fingerprint density at radius 3 is 2.51 bits per heavy atom. The molecule has 178 valence electrons. The number of benzene rings is 2. The van der Waals surface area contributed by atoms with Gasteiger partial charge >= 0.3 is 0 Å². The molecule has 0 radical (unpaired) electrons. The second kappa shape index (κ2) is 9.22. The van der Waals surface area contributed by atoms with Crippen LogP contribution in [0.4, 0.5) is 11.5 Å². The van der Waals surface area contributed by atoms with Gasteiger partial charge in [-0.25, -0.2) is 4.98 Å². The van der Waals surface area contributed by atoms with Crippen LogP contribution in [-0.2, 0) is 4.79 Å². The van der Waals surface area contributed by atoms with Crippen molar-refractivity contribution >= 4 is 61.5 Å². The molecule has 0 unspecified atom stereocenters. The van der Waals surface area contributed by atoms with E-state index in [-0.39, 0.29) is 17.6 Å². The third kappa shape index (κ3) is 4.35. The van der Waals surface area contributed by atoms with Crippen molar-refractivity contribution in [3.63, 3.8) is 0 Å². The molecule has 2 aromatic heterocycles. The number of hydrogen-bond acceptors (Lipinski definition) is 7. The van der Waals surface area contributed by atoms with E-state index in [1.807, 2.05) is 47.8 Å². The number of hydrogen-bond donors (Lipinski definition) is 3. The molecule has 5 rings (SSSR count). The maximum atomic E-state index is 13.1. The molecule has 0 bridgehead atoms. The molecule has 0 aliphatic carbocycles. The van der Waals surface area contributed by atoms with Gasteiger partial charge in [-0.2, -0.15) is 5.10 Å². The highest BCUT2D eigenvalue weighted by Gasteiger charge is 2.23. The average molecular weight is 488 g/mol. The molecule has 1 aliphatic heterocycles. The van der Waals surface area contributed by atoms with Crippen LogP contribution < -0.4 is 16.9 Å². The first-order valence-corrected chi connectivity index (χ1v) is 12.1. The Morgan fingerprint density at radius 2 is 1.77 bits per heavy atom. The lowest BCUT2D eigenvalue weighted by Gasteiger charge is -2.34. The van der Waals surface area contributed by atoms with E-state index in [0.717, 1.165) is 26.7 Å². The van der Waals surface area contributed by atoms with E-state index in [1.165, 1.54) is 0 Å². The molecule has 9 nitrogen and oxygen atoms in total. The second-order valence-corrected chi connectivity index (χ2v) is 9.29. The fourth-order valence-electron chi connectivity index (χ4n) is 4.30. The summed E-state index contributed by atoms with van der Waals surface area (Å²) in [6.45, 7) is 3.71. The molecule has 5 N–H and O–H groups in total. The number of pyridine rings is 1. The van der Waals surface area contributed by atoms with E-state index in [0.29, 0.717) is 43.1 Å². The monoisotopic (exact) mass is 487 g/mol. The number of amidine groups is 1. The number of rotatable bonds is 4. The number of nitrogens with two attached hydrogens (primary N) is 2. The zero-order chi connectivity index (χ0) is 24.5. The normalized spacial score (nSPS) is 14.5. The molecular weight excluding hydrogens is 462 g/mol. The molecule has 4 aromatic rings. The molecule has 1 saturated heterocycles. The van der Waals surface area contributed by atoms with E-state index in [1.54, 1.807) is 34.1 Å². The maximum Gasteiger partial charge on any atom is 0.254 e. The van der Waals surface area contributed by atoms with E-state index >= 15 is 0 Å². The molecular formula is C25H25N7O2S. The number of carbonyl (C=O) groups excluding carboxylic acids is 2. The van der Waals surface area contributed by atoms with Crippen molar-refractivity contribution in [2.24, 2.45) is 16.7 Å².